The molecule has 0 bridgehead atoms. The first kappa shape index (κ1) is 17.5. The van der Waals surface area contributed by atoms with Gasteiger partial charge in [-0.3, -0.25) is 4.79 Å². The van der Waals surface area contributed by atoms with Crippen LogP contribution < -0.4 is 0 Å². The number of ether oxygens (including phenoxy) is 1. The van der Waals surface area contributed by atoms with Gasteiger partial charge in [-0.2, -0.15) is 0 Å². The van der Waals surface area contributed by atoms with Gasteiger partial charge in [-0.25, -0.2) is 0 Å². The molecule has 6 rings (SSSR count). The highest BCUT2D eigenvalue weighted by Crippen LogP contribution is 2.79. The van der Waals surface area contributed by atoms with E-state index in [1.54, 1.807) is 5.57 Å². The third-order valence-corrected chi connectivity index (χ3v) is 10.2. The third kappa shape index (κ3) is 1.93. The normalized spacial score (nSPS) is 55.2. The molecule has 1 aliphatic heterocycles. The number of nitrogens with zero attached hydrogens (tertiary/aromatic N) is 1. The smallest absolute Gasteiger partial charge is 0.306 e. The molecule has 0 aromatic rings. The van der Waals surface area contributed by atoms with Crippen LogP contribution in [0.3, 0.4) is 0 Å². The van der Waals surface area contributed by atoms with Gasteiger partial charge in [0.1, 0.15) is 5.60 Å². The van der Waals surface area contributed by atoms with E-state index in [0.29, 0.717) is 24.2 Å². The Bertz CT molecular complexity index is 787. The predicted octanol–water partition coefficient (Wildman–Crippen LogP) is 4.96. The number of esters is 1. The van der Waals surface area contributed by atoms with E-state index in [9.17, 15) is 10.0 Å². The fourth-order valence-electron chi connectivity index (χ4n) is 9.45. The van der Waals surface area contributed by atoms with Crippen LogP contribution >= 0.6 is 0 Å². The van der Waals surface area contributed by atoms with Crippen molar-refractivity contribution >= 4 is 11.7 Å². The van der Waals surface area contributed by atoms with Crippen LogP contribution in [-0.4, -0.2) is 22.5 Å². The molecule has 0 radical (unpaired) electrons. The van der Waals surface area contributed by atoms with Crippen LogP contribution in [0.4, 0.5) is 0 Å². The van der Waals surface area contributed by atoms with Gasteiger partial charge in [0.25, 0.3) is 0 Å². The fourth-order valence-corrected chi connectivity index (χ4v) is 9.45. The summed E-state index contributed by atoms with van der Waals surface area (Å²) in [6, 6.07) is 0. The minimum absolute atomic E-state index is 0.0614. The van der Waals surface area contributed by atoms with E-state index >= 15 is 0 Å². The zero-order chi connectivity index (χ0) is 19.3. The van der Waals surface area contributed by atoms with Gasteiger partial charge in [0, 0.05) is 17.8 Å². The Morgan fingerprint density at radius 1 is 1.25 bits per heavy atom. The Kier molecular flexibility index (Phi) is 3.53. The lowest BCUT2D eigenvalue weighted by Crippen LogP contribution is -2.57. The zero-order valence-electron chi connectivity index (χ0n) is 17.2. The average Bonchev–Trinajstić information content (AvgIpc) is 3.35. The predicted molar refractivity (Wildman–Crippen MR) is 106 cm³/mol. The van der Waals surface area contributed by atoms with Gasteiger partial charge in [0.05, 0.1) is 5.71 Å². The minimum atomic E-state index is -0.127. The Balaban J connectivity index is 1.40. The molecule has 28 heavy (non-hydrogen) atoms. The van der Waals surface area contributed by atoms with Crippen molar-refractivity contribution in [2.24, 2.45) is 52.0 Å². The number of hydrogen-bond acceptors (Lipinski definition) is 4. The van der Waals surface area contributed by atoms with E-state index in [-0.39, 0.29) is 17.0 Å². The van der Waals surface area contributed by atoms with E-state index in [0.717, 1.165) is 55.1 Å². The number of carbonyl (C=O) groups excluding carboxylic acids is 1. The SMILES string of the molecule is CC[C@]12CCC3C(C1[C@H]1C[C@H]1[C@@]21CCC(=O)O1)[C@H](C)CC1=C/C(=N/O)CC[C@@H]13. The Hall–Kier alpha value is -1.32. The Morgan fingerprint density at radius 2 is 2.11 bits per heavy atom. The van der Waals surface area contributed by atoms with Crippen LogP contribution in [0.1, 0.15) is 71.6 Å². The first-order valence-electron chi connectivity index (χ1n) is 11.7. The molecule has 1 saturated heterocycles. The number of allylic oxidation sites excluding steroid dienone is 2. The molecule has 9 atom stereocenters. The molecule has 0 amide bonds. The minimum Gasteiger partial charge on any atom is -0.458 e. The van der Waals surface area contributed by atoms with Crippen molar-refractivity contribution < 1.29 is 14.7 Å². The summed E-state index contributed by atoms with van der Waals surface area (Å²) in [5.74, 6) is 5.15. The molecule has 152 valence electrons. The summed E-state index contributed by atoms with van der Waals surface area (Å²) in [4.78, 5) is 12.2. The number of oxime groups is 1. The molecule has 0 aromatic carbocycles. The molecular formula is C24H33NO3. The maximum atomic E-state index is 12.2. The van der Waals surface area contributed by atoms with Crippen LogP contribution in [0.25, 0.3) is 0 Å². The molecule has 1 N–H and O–H groups in total. The van der Waals surface area contributed by atoms with Crippen LogP contribution in [0.2, 0.25) is 0 Å². The maximum absolute atomic E-state index is 12.2. The molecular weight excluding hydrogens is 350 g/mol. The van der Waals surface area contributed by atoms with Crippen LogP contribution in [0.5, 0.6) is 0 Å². The van der Waals surface area contributed by atoms with Crippen molar-refractivity contribution in [1.29, 1.82) is 0 Å². The Labute approximate surface area is 167 Å². The number of carbonyl (C=O) groups is 1. The summed E-state index contributed by atoms with van der Waals surface area (Å²) in [6.07, 6.45) is 12.0. The molecule has 5 fully saturated rings. The maximum Gasteiger partial charge on any atom is 0.306 e. The molecule has 4 heteroatoms. The first-order chi connectivity index (χ1) is 13.5. The lowest BCUT2D eigenvalue weighted by Gasteiger charge is -2.60. The van der Waals surface area contributed by atoms with Crippen molar-refractivity contribution in [2.45, 2.75) is 77.2 Å². The second-order valence-electron chi connectivity index (χ2n) is 10.8. The summed E-state index contributed by atoms with van der Waals surface area (Å²) in [5.41, 5.74) is 2.52. The van der Waals surface area contributed by atoms with E-state index in [4.69, 9.17) is 4.74 Å². The number of hydrogen-bond donors (Lipinski definition) is 1. The summed E-state index contributed by atoms with van der Waals surface area (Å²) in [7, 11) is 0. The molecule has 1 heterocycles. The van der Waals surface area contributed by atoms with Crippen molar-refractivity contribution in [3.05, 3.63) is 11.6 Å². The molecule has 3 unspecified atom stereocenters. The van der Waals surface area contributed by atoms with E-state index in [1.807, 2.05) is 0 Å². The second-order valence-corrected chi connectivity index (χ2v) is 10.8. The van der Waals surface area contributed by atoms with Crippen LogP contribution in [0, 0.1) is 46.8 Å². The van der Waals surface area contributed by atoms with Crippen LogP contribution in [0.15, 0.2) is 16.8 Å². The standard InChI is InChI=1S/C24H33NO3/c1-3-23-8-6-17-16-5-4-15(25-27)11-14(16)10-13(2)21(17)22(23)18-12-19(18)24(23)9-7-20(26)28-24/h11,13,16-19,21-22,27H,3-10,12H2,1-2H3/b25-15+/t13-,16+,17?,18+,19-,21?,22?,23+,24+/m1/s1. The lowest BCUT2D eigenvalue weighted by molar-refractivity contribution is -0.181. The summed E-state index contributed by atoms with van der Waals surface area (Å²) >= 11 is 0. The lowest BCUT2D eigenvalue weighted by atomic mass is 9.46. The van der Waals surface area contributed by atoms with Crippen molar-refractivity contribution in [3.63, 3.8) is 0 Å². The highest BCUT2D eigenvalue weighted by molar-refractivity contribution is 5.96. The number of fused-ring (bicyclic) bond motifs is 9. The highest BCUT2D eigenvalue weighted by Gasteiger charge is 2.79. The highest BCUT2D eigenvalue weighted by atomic mass is 16.6. The quantitative estimate of drug-likeness (QED) is 0.396. The van der Waals surface area contributed by atoms with E-state index < -0.39 is 0 Å². The van der Waals surface area contributed by atoms with Crippen molar-refractivity contribution in [3.8, 4) is 0 Å². The van der Waals surface area contributed by atoms with E-state index in [2.05, 4.69) is 25.1 Å². The largest absolute Gasteiger partial charge is 0.458 e. The van der Waals surface area contributed by atoms with Gasteiger partial charge < -0.3 is 9.94 Å². The summed E-state index contributed by atoms with van der Waals surface area (Å²) in [6.45, 7) is 4.84. The van der Waals surface area contributed by atoms with Crippen LogP contribution in [-0.2, 0) is 9.53 Å². The molecule has 4 saturated carbocycles. The summed E-state index contributed by atoms with van der Waals surface area (Å²) in [5, 5.41) is 12.8. The van der Waals surface area contributed by atoms with Gasteiger partial charge >= 0.3 is 5.97 Å². The monoisotopic (exact) mass is 383 g/mol. The zero-order valence-corrected chi connectivity index (χ0v) is 17.2. The van der Waals surface area contributed by atoms with E-state index in [1.165, 1.54) is 25.7 Å². The van der Waals surface area contributed by atoms with Gasteiger partial charge in [0.2, 0.25) is 0 Å². The molecule has 5 aliphatic carbocycles. The van der Waals surface area contributed by atoms with Gasteiger partial charge in [-0.05, 0) is 93.0 Å². The van der Waals surface area contributed by atoms with Gasteiger partial charge in [-0.15, -0.1) is 0 Å². The first-order valence-corrected chi connectivity index (χ1v) is 11.7. The van der Waals surface area contributed by atoms with Gasteiger partial charge in [0.15, 0.2) is 0 Å². The fraction of sp³-hybridized carbons (Fsp3) is 0.833. The number of rotatable bonds is 1. The average molecular weight is 384 g/mol. The van der Waals surface area contributed by atoms with Gasteiger partial charge in [-0.1, -0.05) is 24.6 Å². The van der Waals surface area contributed by atoms with Crippen molar-refractivity contribution in [2.75, 3.05) is 0 Å². The molecule has 4 nitrogen and oxygen atoms in total. The molecule has 0 aromatic heterocycles. The third-order valence-electron chi connectivity index (χ3n) is 10.2. The molecule has 6 aliphatic rings. The molecule has 1 spiro atoms. The topological polar surface area (TPSA) is 58.9 Å². The Morgan fingerprint density at radius 3 is 2.82 bits per heavy atom. The second kappa shape index (κ2) is 5.64. The van der Waals surface area contributed by atoms with Crippen molar-refractivity contribution in [1.82, 2.24) is 0 Å². The summed E-state index contributed by atoms with van der Waals surface area (Å²) < 4.78 is 6.28.